The molecule has 0 fully saturated rings. The van der Waals surface area contributed by atoms with Crippen LogP contribution in [0, 0.1) is 17.5 Å². The molecule has 8 heteroatoms. The van der Waals surface area contributed by atoms with E-state index in [4.69, 9.17) is 0 Å². The van der Waals surface area contributed by atoms with Gasteiger partial charge < -0.3 is 4.74 Å². The molecule has 0 bridgehead atoms. The van der Waals surface area contributed by atoms with Gasteiger partial charge in [0.25, 0.3) is 0 Å². The van der Waals surface area contributed by atoms with Crippen LogP contribution in [0.1, 0.15) is 10.5 Å². The largest absolute Gasteiger partial charge is 0.464 e. The van der Waals surface area contributed by atoms with E-state index in [-0.39, 0.29) is 11.4 Å². The summed E-state index contributed by atoms with van der Waals surface area (Å²) in [6.45, 7) is 0. The maximum absolute atomic E-state index is 13.4. The molecule has 0 saturated heterocycles. The third kappa shape index (κ3) is 1.92. The predicted octanol–water partition coefficient (Wildman–Crippen LogP) is 1.47. The van der Waals surface area contributed by atoms with Gasteiger partial charge in [-0.1, -0.05) is 5.21 Å². The van der Waals surface area contributed by atoms with E-state index in [1.165, 1.54) is 0 Å². The SMILES string of the molecule is COC(=O)c1cn(-c2ccc(F)c(F)c2F)nn1. The number of carbonyl (C=O) groups excluding carboxylic acids is 1. The standard InChI is InChI=1S/C10H6F3N3O2/c1-18-10(17)6-4-16(15-14-6)7-3-2-5(11)8(12)9(7)13/h2-4H,1H3. The van der Waals surface area contributed by atoms with Crippen molar-refractivity contribution in [3.8, 4) is 5.69 Å². The normalized spacial score (nSPS) is 10.4. The summed E-state index contributed by atoms with van der Waals surface area (Å²) in [4.78, 5) is 11.1. The maximum atomic E-state index is 13.4. The fourth-order valence-electron chi connectivity index (χ4n) is 1.27. The molecule has 5 nitrogen and oxygen atoms in total. The summed E-state index contributed by atoms with van der Waals surface area (Å²) in [5.41, 5.74) is -0.543. The second kappa shape index (κ2) is 4.47. The molecule has 0 aliphatic carbocycles. The Bertz CT molecular complexity index is 612. The van der Waals surface area contributed by atoms with Gasteiger partial charge >= 0.3 is 5.97 Å². The van der Waals surface area contributed by atoms with Crippen LogP contribution in [0.5, 0.6) is 0 Å². The molecule has 0 amide bonds. The Kier molecular flexibility index (Phi) is 3.00. The molecule has 2 aromatic rings. The number of rotatable bonds is 2. The molecular weight excluding hydrogens is 251 g/mol. The van der Waals surface area contributed by atoms with Gasteiger partial charge in [0.1, 0.15) is 5.69 Å². The van der Waals surface area contributed by atoms with E-state index in [0.29, 0.717) is 0 Å². The topological polar surface area (TPSA) is 57.0 Å². The van der Waals surface area contributed by atoms with Crippen molar-refractivity contribution in [3.05, 3.63) is 41.5 Å². The van der Waals surface area contributed by atoms with Gasteiger partial charge in [0, 0.05) is 0 Å². The minimum Gasteiger partial charge on any atom is -0.464 e. The zero-order chi connectivity index (χ0) is 13.3. The van der Waals surface area contributed by atoms with Crippen LogP contribution in [-0.4, -0.2) is 28.1 Å². The minimum absolute atomic E-state index is 0.179. The van der Waals surface area contributed by atoms with Crippen LogP contribution < -0.4 is 0 Å². The zero-order valence-electron chi connectivity index (χ0n) is 9.02. The van der Waals surface area contributed by atoms with Crippen molar-refractivity contribution in [3.63, 3.8) is 0 Å². The summed E-state index contributed by atoms with van der Waals surface area (Å²) in [6, 6.07) is 1.72. The van der Waals surface area contributed by atoms with E-state index in [1.807, 2.05) is 0 Å². The van der Waals surface area contributed by atoms with Gasteiger partial charge in [-0.25, -0.2) is 22.6 Å². The average Bonchev–Trinajstić information content (AvgIpc) is 2.84. The molecule has 0 atom stereocenters. The first-order valence-corrected chi connectivity index (χ1v) is 4.69. The molecule has 94 valence electrons. The number of carbonyl (C=O) groups is 1. The lowest BCUT2D eigenvalue weighted by Gasteiger charge is -2.02. The van der Waals surface area contributed by atoms with E-state index < -0.39 is 23.4 Å². The van der Waals surface area contributed by atoms with Crippen LogP contribution >= 0.6 is 0 Å². The molecule has 1 heterocycles. The monoisotopic (exact) mass is 257 g/mol. The lowest BCUT2D eigenvalue weighted by atomic mass is 10.3. The summed E-state index contributed by atoms with van der Waals surface area (Å²) in [5.74, 6) is -5.13. The summed E-state index contributed by atoms with van der Waals surface area (Å²) in [6.07, 6.45) is 1.04. The Morgan fingerprint density at radius 1 is 1.28 bits per heavy atom. The minimum atomic E-state index is -1.62. The third-order valence-electron chi connectivity index (χ3n) is 2.15. The molecule has 0 N–H and O–H groups in total. The number of ether oxygens (including phenoxy) is 1. The van der Waals surface area contributed by atoms with Crippen LogP contribution in [0.15, 0.2) is 18.3 Å². The first-order chi connectivity index (χ1) is 8.54. The number of methoxy groups -OCH3 is 1. The predicted molar refractivity (Wildman–Crippen MR) is 52.6 cm³/mol. The third-order valence-corrected chi connectivity index (χ3v) is 2.15. The molecule has 0 spiro atoms. The average molecular weight is 257 g/mol. The van der Waals surface area contributed by atoms with Gasteiger partial charge in [0.2, 0.25) is 0 Å². The Morgan fingerprint density at radius 2 is 2.00 bits per heavy atom. The summed E-state index contributed by atoms with van der Waals surface area (Å²) < 4.78 is 44.3. The lowest BCUT2D eigenvalue weighted by Crippen LogP contribution is -2.03. The second-order valence-corrected chi connectivity index (χ2v) is 3.23. The lowest BCUT2D eigenvalue weighted by molar-refractivity contribution is 0.0594. The number of aromatic nitrogens is 3. The van der Waals surface area contributed by atoms with Gasteiger partial charge in [-0.15, -0.1) is 5.10 Å². The van der Waals surface area contributed by atoms with Crippen LogP contribution in [0.4, 0.5) is 13.2 Å². The van der Waals surface area contributed by atoms with Gasteiger partial charge in [-0.05, 0) is 12.1 Å². The van der Waals surface area contributed by atoms with Crippen LogP contribution in [0.2, 0.25) is 0 Å². The fourth-order valence-corrected chi connectivity index (χ4v) is 1.27. The van der Waals surface area contributed by atoms with Crippen molar-refractivity contribution in [2.45, 2.75) is 0 Å². The van der Waals surface area contributed by atoms with Crippen LogP contribution in [0.25, 0.3) is 5.69 Å². The summed E-state index contributed by atoms with van der Waals surface area (Å²) in [7, 11) is 1.14. The highest BCUT2D eigenvalue weighted by atomic mass is 19.2. The van der Waals surface area contributed by atoms with Crippen LogP contribution in [-0.2, 0) is 4.74 Å². The summed E-state index contributed by atoms with van der Waals surface area (Å²) in [5, 5.41) is 6.84. The fraction of sp³-hybridized carbons (Fsp3) is 0.100. The molecule has 0 unspecified atom stereocenters. The van der Waals surface area contributed by atoms with Crippen molar-refractivity contribution in [2.24, 2.45) is 0 Å². The second-order valence-electron chi connectivity index (χ2n) is 3.23. The smallest absolute Gasteiger partial charge is 0.360 e. The molecule has 0 saturated carbocycles. The molecule has 0 aliphatic rings. The van der Waals surface area contributed by atoms with E-state index >= 15 is 0 Å². The number of benzene rings is 1. The number of nitrogens with zero attached hydrogens (tertiary/aromatic N) is 3. The highest BCUT2D eigenvalue weighted by molar-refractivity contribution is 5.86. The van der Waals surface area contributed by atoms with Crippen molar-refractivity contribution in [1.82, 2.24) is 15.0 Å². The molecule has 0 radical (unpaired) electrons. The Balaban J connectivity index is 2.47. The van der Waals surface area contributed by atoms with Crippen molar-refractivity contribution < 1.29 is 22.7 Å². The highest BCUT2D eigenvalue weighted by Crippen LogP contribution is 2.18. The van der Waals surface area contributed by atoms with Gasteiger partial charge in [0.15, 0.2) is 23.1 Å². The maximum Gasteiger partial charge on any atom is 0.360 e. The number of halogens is 3. The number of hydrogen-bond donors (Lipinski definition) is 0. The van der Waals surface area contributed by atoms with E-state index in [0.717, 1.165) is 30.1 Å². The van der Waals surface area contributed by atoms with Crippen molar-refractivity contribution in [2.75, 3.05) is 7.11 Å². The molecule has 18 heavy (non-hydrogen) atoms. The van der Waals surface area contributed by atoms with Crippen LogP contribution in [0.3, 0.4) is 0 Å². The number of hydrogen-bond acceptors (Lipinski definition) is 4. The van der Waals surface area contributed by atoms with Gasteiger partial charge in [-0.2, -0.15) is 0 Å². The first-order valence-electron chi connectivity index (χ1n) is 4.69. The molecule has 0 aliphatic heterocycles. The zero-order valence-corrected chi connectivity index (χ0v) is 9.02. The molecule has 2 rings (SSSR count). The van der Waals surface area contributed by atoms with E-state index in [9.17, 15) is 18.0 Å². The van der Waals surface area contributed by atoms with E-state index in [2.05, 4.69) is 15.0 Å². The highest BCUT2D eigenvalue weighted by Gasteiger charge is 2.17. The van der Waals surface area contributed by atoms with Gasteiger partial charge in [0.05, 0.1) is 13.3 Å². The quantitative estimate of drug-likeness (QED) is 0.604. The van der Waals surface area contributed by atoms with E-state index in [1.54, 1.807) is 0 Å². The first kappa shape index (κ1) is 12.1. The number of esters is 1. The molecular formula is C10H6F3N3O2. The molecule has 1 aromatic heterocycles. The Hall–Kier alpha value is -2.38. The van der Waals surface area contributed by atoms with Crippen molar-refractivity contribution >= 4 is 5.97 Å². The Labute approximate surface area is 98.8 Å². The van der Waals surface area contributed by atoms with Gasteiger partial charge in [-0.3, -0.25) is 0 Å². The summed E-state index contributed by atoms with van der Waals surface area (Å²) >= 11 is 0. The molecule has 1 aromatic carbocycles. The van der Waals surface area contributed by atoms with Crippen molar-refractivity contribution in [1.29, 1.82) is 0 Å². The Morgan fingerprint density at radius 3 is 2.67 bits per heavy atom.